The summed E-state index contributed by atoms with van der Waals surface area (Å²) in [6.45, 7) is 6.37. The van der Waals surface area contributed by atoms with E-state index in [-0.39, 0.29) is 0 Å². The largest absolute Gasteiger partial charge is 0.497 e. The summed E-state index contributed by atoms with van der Waals surface area (Å²) in [6, 6.07) is 24.7. The zero-order valence-electron chi connectivity index (χ0n) is 31.4. The summed E-state index contributed by atoms with van der Waals surface area (Å²) in [5.41, 5.74) is 7.38. The zero-order chi connectivity index (χ0) is 36.3. The third-order valence-electron chi connectivity index (χ3n) is 10.1. The number of fused-ring (bicyclic) bond motifs is 4. The third kappa shape index (κ3) is 9.55. The Morgan fingerprint density at radius 1 is 0.538 bits per heavy atom. The molecule has 0 fully saturated rings. The number of nitrogens with zero attached hydrogens (tertiary/aromatic N) is 3. The molecule has 6 aromatic rings. The highest BCUT2D eigenvalue weighted by atomic mass is 35.5. The van der Waals surface area contributed by atoms with Gasteiger partial charge in [-0.3, -0.25) is 0 Å². The molecule has 2 heterocycles. The number of unbranched alkanes of at least 4 members (excludes halogenated alkanes) is 8. The van der Waals surface area contributed by atoms with Crippen LogP contribution in [0.2, 0.25) is 5.02 Å². The van der Waals surface area contributed by atoms with Crippen LogP contribution in [-0.2, 0) is 0 Å². The number of methoxy groups -OCH3 is 2. The molecule has 0 aliphatic heterocycles. The molecule has 2 N–H and O–H groups in total. The van der Waals surface area contributed by atoms with Crippen molar-refractivity contribution in [1.29, 1.82) is 0 Å². The van der Waals surface area contributed by atoms with Crippen LogP contribution < -0.4 is 20.1 Å². The number of pyridine rings is 2. The van der Waals surface area contributed by atoms with Gasteiger partial charge in [0, 0.05) is 39.7 Å². The van der Waals surface area contributed by atoms with E-state index < -0.39 is 0 Å². The van der Waals surface area contributed by atoms with E-state index in [0.717, 1.165) is 87.0 Å². The molecule has 0 atom stereocenters. The Morgan fingerprint density at radius 3 is 1.56 bits per heavy atom. The predicted molar refractivity (Wildman–Crippen MR) is 222 cm³/mol. The minimum atomic E-state index is 0.700. The number of ether oxygens (including phenoxy) is 2. The second-order valence-corrected chi connectivity index (χ2v) is 14.6. The predicted octanol–water partition coefficient (Wildman–Crippen LogP) is 11.4. The average molecular weight is 720 g/mol. The Labute approximate surface area is 314 Å². The molecule has 0 unspecified atom stereocenters. The SMILES string of the molecule is COc1ccc2nc3cc(C)ccc3c(NCCCCCCCN(C)CCCCCCCNc3c4ccc(Cl)cc4nc4ccc(OC)cc34)c2c1. The number of aryl methyl sites for hydroxylation is 1. The number of hydrogen-bond acceptors (Lipinski definition) is 7. The van der Waals surface area contributed by atoms with E-state index in [4.69, 9.17) is 31.0 Å². The number of halogens is 1. The maximum absolute atomic E-state index is 6.29. The van der Waals surface area contributed by atoms with Crippen LogP contribution in [0.1, 0.15) is 69.8 Å². The van der Waals surface area contributed by atoms with Crippen LogP contribution in [0.4, 0.5) is 11.4 Å². The molecule has 0 aliphatic rings. The van der Waals surface area contributed by atoms with Crippen molar-refractivity contribution in [2.24, 2.45) is 0 Å². The van der Waals surface area contributed by atoms with E-state index in [1.807, 2.05) is 30.3 Å². The van der Waals surface area contributed by atoms with E-state index in [9.17, 15) is 0 Å². The van der Waals surface area contributed by atoms with Crippen LogP contribution in [0.3, 0.4) is 0 Å². The molecule has 0 bridgehead atoms. The smallest absolute Gasteiger partial charge is 0.119 e. The highest BCUT2D eigenvalue weighted by molar-refractivity contribution is 6.31. The molecular weight excluding hydrogens is 666 g/mol. The van der Waals surface area contributed by atoms with Gasteiger partial charge in [-0.2, -0.15) is 0 Å². The van der Waals surface area contributed by atoms with Crippen molar-refractivity contribution in [3.8, 4) is 11.5 Å². The summed E-state index contributed by atoms with van der Waals surface area (Å²) < 4.78 is 11.0. The van der Waals surface area contributed by atoms with Gasteiger partial charge in [0.1, 0.15) is 11.5 Å². The molecular formula is C44H54ClN5O2. The van der Waals surface area contributed by atoms with E-state index in [0.29, 0.717) is 5.02 Å². The van der Waals surface area contributed by atoms with Crippen molar-refractivity contribution in [3.63, 3.8) is 0 Å². The van der Waals surface area contributed by atoms with Gasteiger partial charge >= 0.3 is 0 Å². The van der Waals surface area contributed by atoms with Crippen molar-refractivity contribution >= 4 is 66.6 Å². The lowest BCUT2D eigenvalue weighted by Crippen LogP contribution is -2.20. The highest BCUT2D eigenvalue weighted by Crippen LogP contribution is 2.35. The second kappa shape index (κ2) is 18.4. The number of aromatic nitrogens is 2. The van der Waals surface area contributed by atoms with Crippen molar-refractivity contribution in [1.82, 2.24) is 14.9 Å². The van der Waals surface area contributed by atoms with Gasteiger partial charge in [0.2, 0.25) is 0 Å². The molecule has 0 saturated carbocycles. The first kappa shape index (κ1) is 37.4. The van der Waals surface area contributed by atoms with Crippen molar-refractivity contribution < 1.29 is 9.47 Å². The maximum atomic E-state index is 6.29. The fourth-order valence-electron chi connectivity index (χ4n) is 7.18. The molecule has 0 radical (unpaired) electrons. The zero-order valence-corrected chi connectivity index (χ0v) is 32.1. The van der Waals surface area contributed by atoms with Crippen LogP contribution >= 0.6 is 11.6 Å². The lowest BCUT2D eigenvalue weighted by molar-refractivity contribution is 0.314. The average Bonchev–Trinajstić information content (AvgIpc) is 3.15. The van der Waals surface area contributed by atoms with Crippen molar-refractivity contribution in [2.45, 2.75) is 71.1 Å². The lowest BCUT2D eigenvalue weighted by Gasteiger charge is -2.16. The van der Waals surface area contributed by atoms with Gasteiger partial charge in [0.25, 0.3) is 0 Å². The normalized spacial score (nSPS) is 11.7. The quantitative estimate of drug-likeness (QED) is 0.0601. The topological polar surface area (TPSA) is 71.5 Å². The minimum Gasteiger partial charge on any atom is -0.497 e. The Bertz CT molecular complexity index is 1950. The Balaban J connectivity index is 0.842. The molecule has 6 rings (SSSR count). The summed E-state index contributed by atoms with van der Waals surface area (Å²) in [6.07, 6.45) is 12.4. The number of nitrogens with one attached hydrogen (secondary N) is 2. The molecule has 0 spiro atoms. The number of anilines is 2. The fraction of sp³-hybridized carbons (Fsp3) is 0.409. The second-order valence-electron chi connectivity index (χ2n) is 14.1. The molecule has 0 saturated heterocycles. The molecule has 274 valence electrons. The van der Waals surface area contributed by atoms with Crippen LogP contribution in [0.15, 0.2) is 72.8 Å². The summed E-state index contributed by atoms with van der Waals surface area (Å²) in [7, 11) is 5.70. The maximum Gasteiger partial charge on any atom is 0.119 e. The fourth-order valence-corrected chi connectivity index (χ4v) is 7.34. The molecule has 0 amide bonds. The van der Waals surface area contributed by atoms with E-state index in [1.54, 1.807) is 14.2 Å². The first-order valence-electron chi connectivity index (χ1n) is 19.0. The van der Waals surface area contributed by atoms with Crippen molar-refractivity contribution in [2.75, 3.05) is 58.1 Å². The molecule has 0 aliphatic carbocycles. The standard InChI is InChI=1S/C44H54ClN5O2/c1-31-15-19-35-41(27-31)48-39-21-17-33(51-3)29-37(39)43(35)46-23-11-7-5-9-13-25-50(2)26-14-10-6-8-12-24-47-44-36-20-16-32(45)28-42(36)49-40-22-18-34(52-4)30-38(40)44/h15-22,27-30H,5-14,23-26H2,1-4H3,(H,46,48)(H,47,49). The van der Waals surface area contributed by atoms with Gasteiger partial charge in [-0.1, -0.05) is 62.3 Å². The van der Waals surface area contributed by atoms with E-state index in [2.05, 4.69) is 72.0 Å². The van der Waals surface area contributed by atoms with Gasteiger partial charge < -0.3 is 25.0 Å². The van der Waals surface area contributed by atoms with Gasteiger partial charge in [0.15, 0.2) is 0 Å². The van der Waals surface area contributed by atoms with Crippen LogP contribution in [-0.4, -0.2) is 62.3 Å². The lowest BCUT2D eigenvalue weighted by atomic mass is 10.1. The van der Waals surface area contributed by atoms with Crippen LogP contribution in [0, 0.1) is 6.92 Å². The summed E-state index contributed by atoms with van der Waals surface area (Å²) in [5.74, 6) is 1.69. The third-order valence-corrected chi connectivity index (χ3v) is 10.4. The van der Waals surface area contributed by atoms with Crippen molar-refractivity contribution in [3.05, 3.63) is 83.4 Å². The number of benzene rings is 4. The minimum absolute atomic E-state index is 0.700. The molecule has 52 heavy (non-hydrogen) atoms. The Morgan fingerprint density at radius 2 is 1.02 bits per heavy atom. The first-order chi connectivity index (χ1) is 25.4. The van der Waals surface area contributed by atoms with Gasteiger partial charge in [-0.05, 0) is 119 Å². The molecule has 4 aromatic carbocycles. The van der Waals surface area contributed by atoms with E-state index in [1.165, 1.54) is 75.4 Å². The first-order valence-corrected chi connectivity index (χ1v) is 19.4. The van der Waals surface area contributed by atoms with Gasteiger partial charge in [-0.25, -0.2) is 9.97 Å². The summed E-state index contributed by atoms with van der Waals surface area (Å²) in [5, 5.41) is 12.6. The van der Waals surface area contributed by atoms with Gasteiger partial charge in [-0.15, -0.1) is 0 Å². The van der Waals surface area contributed by atoms with Crippen LogP contribution in [0.25, 0.3) is 43.6 Å². The molecule has 8 heteroatoms. The number of rotatable bonds is 20. The molecule has 2 aromatic heterocycles. The Hall–Kier alpha value is -4.33. The van der Waals surface area contributed by atoms with Gasteiger partial charge in [0.05, 0.1) is 47.7 Å². The number of hydrogen-bond donors (Lipinski definition) is 2. The van der Waals surface area contributed by atoms with Crippen LogP contribution in [0.5, 0.6) is 11.5 Å². The summed E-state index contributed by atoms with van der Waals surface area (Å²) in [4.78, 5) is 12.3. The highest BCUT2D eigenvalue weighted by Gasteiger charge is 2.12. The molecule has 7 nitrogen and oxygen atoms in total. The van der Waals surface area contributed by atoms with E-state index >= 15 is 0 Å². The summed E-state index contributed by atoms with van der Waals surface area (Å²) >= 11 is 6.29. The monoisotopic (exact) mass is 719 g/mol. The Kier molecular flexibility index (Phi) is 13.3.